The van der Waals surface area contributed by atoms with Crippen molar-refractivity contribution in [1.29, 1.82) is 0 Å². The summed E-state index contributed by atoms with van der Waals surface area (Å²) in [6.07, 6.45) is 8.62. The van der Waals surface area contributed by atoms with Gasteiger partial charge >= 0.3 is 0 Å². The largest absolute Gasteiger partial charge is 0.448 e. The van der Waals surface area contributed by atoms with E-state index in [1.807, 2.05) is 18.2 Å². The number of thioether (sulfide) groups is 1. The second kappa shape index (κ2) is 6.92. The molecule has 1 N–H and O–H groups in total. The van der Waals surface area contributed by atoms with E-state index < -0.39 is 5.79 Å². The summed E-state index contributed by atoms with van der Waals surface area (Å²) in [5.74, 6) is 1.11. The van der Waals surface area contributed by atoms with Gasteiger partial charge in [-0.2, -0.15) is 0 Å². The van der Waals surface area contributed by atoms with Crippen LogP contribution >= 0.6 is 11.8 Å². The monoisotopic (exact) mass is 357 g/mol. The Balaban J connectivity index is 1.37. The Kier molecular flexibility index (Phi) is 4.48. The average Bonchev–Trinajstić information content (AvgIpc) is 2.98. The molecule has 2 heterocycles. The van der Waals surface area contributed by atoms with Crippen molar-refractivity contribution in [2.24, 2.45) is 0 Å². The van der Waals surface area contributed by atoms with Gasteiger partial charge < -0.3 is 14.8 Å². The van der Waals surface area contributed by atoms with Gasteiger partial charge in [-0.15, -0.1) is 0 Å². The molecule has 0 bridgehead atoms. The molecule has 1 aliphatic carbocycles. The van der Waals surface area contributed by atoms with Crippen molar-refractivity contribution in [2.75, 3.05) is 11.1 Å². The summed E-state index contributed by atoms with van der Waals surface area (Å²) in [4.78, 5) is 20.3. The highest BCUT2D eigenvalue weighted by Crippen LogP contribution is 2.46. The molecule has 25 heavy (non-hydrogen) atoms. The summed E-state index contributed by atoms with van der Waals surface area (Å²) < 4.78 is 12.1. The van der Waals surface area contributed by atoms with Crippen molar-refractivity contribution in [1.82, 2.24) is 9.97 Å². The third kappa shape index (κ3) is 3.71. The van der Waals surface area contributed by atoms with Gasteiger partial charge in [0.1, 0.15) is 0 Å². The quantitative estimate of drug-likeness (QED) is 0.665. The lowest BCUT2D eigenvalue weighted by molar-refractivity contribution is -0.113. The van der Waals surface area contributed by atoms with E-state index in [9.17, 15) is 4.79 Å². The second-order valence-corrected chi connectivity index (χ2v) is 7.15. The Morgan fingerprint density at radius 1 is 1.12 bits per heavy atom. The van der Waals surface area contributed by atoms with Crippen molar-refractivity contribution in [3.8, 4) is 11.5 Å². The van der Waals surface area contributed by atoms with Gasteiger partial charge in [0.05, 0.1) is 5.75 Å². The topological polar surface area (TPSA) is 73.3 Å². The standard InChI is InChI=1S/C18H19N3O3S/c22-16(12-25-17-19-9-4-10-20-17)21-13-5-6-14-15(11-13)24-18(23-14)7-2-1-3-8-18/h4-6,9-11H,1-3,7-8,12H2,(H,21,22). The molecule has 1 aliphatic heterocycles. The Bertz CT molecular complexity index is 763. The van der Waals surface area contributed by atoms with Gasteiger partial charge in [-0.25, -0.2) is 9.97 Å². The molecular weight excluding hydrogens is 338 g/mol. The molecule has 0 saturated heterocycles. The molecule has 1 fully saturated rings. The molecule has 0 unspecified atom stereocenters. The van der Waals surface area contributed by atoms with Crippen LogP contribution in [0.15, 0.2) is 41.8 Å². The number of rotatable bonds is 4. The van der Waals surface area contributed by atoms with Crippen LogP contribution in [0.2, 0.25) is 0 Å². The summed E-state index contributed by atoms with van der Waals surface area (Å²) in [5.41, 5.74) is 0.704. The summed E-state index contributed by atoms with van der Waals surface area (Å²) in [5, 5.41) is 3.47. The number of carbonyl (C=O) groups is 1. The fourth-order valence-electron chi connectivity index (χ4n) is 3.15. The third-order valence-electron chi connectivity index (χ3n) is 4.31. The molecule has 4 rings (SSSR count). The van der Waals surface area contributed by atoms with Gasteiger partial charge in [0, 0.05) is 37.0 Å². The zero-order valence-electron chi connectivity index (χ0n) is 13.7. The Hall–Kier alpha value is -2.28. The smallest absolute Gasteiger partial charge is 0.251 e. The first kappa shape index (κ1) is 16.2. The maximum absolute atomic E-state index is 12.1. The van der Waals surface area contributed by atoms with Crippen LogP contribution in [-0.4, -0.2) is 27.4 Å². The number of nitrogens with zero attached hydrogens (tertiary/aromatic N) is 2. The number of anilines is 1. The molecular formula is C18H19N3O3S. The lowest BCUT2D eigenvalue weighted by Crippen LogP contribution is -2.40. The van der Waals surface area contributed by atoms with E-state index in [4.69, 9.17) is 9.47 Å². The van der Waals surface area contributed by atoms with E-state index in [-0.39, 0.29) is 11.7 Å². The average molecular weight is 357 g/mol. The van der Waals surface area contributed by atoms with Crippen LogP contribution in [0.3, 0.4) is 0 Å². The number of benzene rings is 1. The highest BCUT2D eigenvalue weighted by atomic mass is 32.2. The van der Waals surface area contributed by atoms with Crippen LogP contribution in [0, 0.1) is 0 Å². The SMILES string of the molecule is O=C(CSc1ncccn1)Nc1ccc2c(c1)OC1(CCCCC1)O2. The Morgan fingerprint density at radius 3 is 2.68 bits per heavy atom. The molecule has 1 amide bonds. The summed E-state index contributed by atoms with van der Waals surface area (Å²) in [7, 11) is 0. The number of carbonyl (C=O) groups excluding carboxylic acids is 1. The number of nitrogens with one attached hydrogen (secondary N) is 1. The first-order valence-electron chi connectivity index (χ1n) is 8.44. The van der Waals surface area contributed by atoms with Gasteiger partial charge in [0.2, 0.25) is 5.91 Å². The van der Waals surface area contributed by atoms with Crippen LogP contribution in [0.1, 0.15) is 32.1 Å². The van der Waals surface area contributed by atoms with Gasteiger partial charge in [0.15, 0.2) is 16.7 Å². The van der Waals surface area contributed by atoms with Gasteiger partial charge in [-0.05, 0) is 31.0 Å². The summed E-state index contributed by atoms with van der Waals surface area (Å²) >= 11 is 1.30. The molecule has 7 heteroatoms. The number of aromatic nitrogens is 2. The second-order valence-electron chi connectivity index (χ2n) is 6.21. The maximum atomic E-state index is 12.1. The fourth-order valence-corrected chi connectivity index (χ4v) is 3.76. The van der Waals surface area contributed by atoms with E-state index in [2.05, 4.69) is 15.3 Å². The minimum absolute atomic E-state index is 0.108. The van der Waals surface area contributed by atoms with Crippen LogP contribution in [0.4, 0.5) is 5.69 Å². The molecule has 6 nitrogen and oxygen atoms in total. The number of ether oxygens (including phenoxy) is 2. The summed E-state index contributed by atoms with van der Waals surface area (Å²) in [6.45, 7) is 0. The molecule has 2 aliphatic rings. The number of amides is 1. The van der Waals surface area contributed by atoms with Crippen LogP contribution < -0.4 is 14.8 Å². The van der Waals surface area contributed by atoms with Gasteiger partial charge in [-0.3, -0.25) is 4.79 Å². The van der Waals surface area contributed by atoms with Gasteiger partial charge in [0.25, 0.3) is 5.79 Å². The molecule has 130 valence electrons. The number of hydrogen-bond acceptors (Lipinski definition) is 6. The molecule has 1 aromatic carbocycles. The highest BCUT2D eigenvalue weighted by Gasteiger charge is 2.42. The fraction of sp³-hybridized carbons (Fsp3) is 0.389. The lowest BCUT2D eigenvalue weighted by atomic mass is 9.94. The molecule has 1 saturated carbocycles. The summed E-state index contributed by atoms with van der Waals surface area (Å²) in [6, 6.07) is 7.28. The highest BCUT2D eigenvalue weighted by molar-refractivity contribution is 7.99. The number of hydrogen-bond donors (Lipinski definition) is 1. The Labute approximate surface area is 150 Å². The van der Waals surface area contributed by atoms with E-state index in [0.717, 1.165) is 31.4 Å². The normalized spacial score (nSPS) is 17.4. The van der Waals surface area contributed by atoms with E-state index in [0.29, 0.717) is 16.6 Å². The van der Waals surface area contributed by atoms with Crippen LogP contribution in [0.5, 0.6) is 11.5 Å². The van der Waals surface area contributed by atoms with Crippen molar-refractivity contribution in [3.05, 3.63) is 36.7 Å². The van der Waals surface area contributed by atoms with E-state index in [1.165, 1.54) is 18.2 Å². The molecule has 1 spiro atoms. The minimum atomic E-state index is -0.496. The first-order chi connectivity index (χ1) is 12.2. The zero-order valence-corrected chi connectivity index (χ0v) is 14.6. The zero-order chi connectivity index (χ0) is 17.1. The predicted octanol–water partition coefficient (Wildman–Crippen LogP) is 3.64. The van der Waals surface area contributed by atoms with Crippen molar-refractivity contribution < 1.29 is 14.3 Å². The molecule has 1 aromatic heterocycles. The molecule has 2 aromatic rings. The van der Waals surface area contributed by atoms with E-state index in [1.54, 1.807) is 18.5 Å². The first-order valence-corrected chi connectivity index (χ1v) is 9.43. The Morgan fingerprint density at radius 2 is 1.88 bits per heavy atom. The lowest BCUT2D eigenvalue weighted by Gasteiger charge is -2.31. The van der Waals surface area contributed by atoms with Crippen molar-refractivity contribution >= 4 is 23.4 Å². The van der Waals surface area contributed by atoms with Gasteiger partial charge in [-0.1, -0.05) is 18.2 Å². The predicted molar refractivity (Wildman–Crippen MR) is 94.9 cm³/mol. The van der Waals surface area contributed by atoms with Crippen molar-refractivity contribution in [3.63, 3.8) is 0 Å². The maximum Gasteiger partial charge on any atom is 0.251 e. The van der Waals surface area contributed by atoms with Crippen LogP contribution in [-0.2, 0) is 4.79 Å². The third-order valence-corrected chi connectivity index (χ3v) is 5.18. The molecule has 0 atom stereocenters. The molecule has 0 radical (unpaired) electrons. The van der Waals surface area contributed by atoms with Crippen LogP contribution in [0.25, 0.3) is 0 Å². The van der Waals surface area contributed by atoms with E-state index >= 15 is 0 Å². The minimum Gasteiger partial charge on any atom is -0.448 e. The number of fused-ring (bicyclic) bond motifs is 1. The van der Waals surface area contributed by atoms with Crippen molar-refractivity contribution in [2.45, 2.75) is 43.0 Å².